The lowest BCUT2D eigenvalue weighted by Gasteiger charge is -2.37. The molecular weight excluding hydrogens is 498 g/mol. The Kier molecular flexibility index (Phi) is 8.28. The second kappa shape index (κ2) is 11.4. The van der Waals surface area contributed by atoms with Crippen LogP contribution in [0.1, 0.15) is 43.4 Å². The van der Waals surface area contributed by atoms with E-state index in [1.54, 1.807) is 9.80 Å². The predicted molar refractivity (Wildman–Crippen MR) is 135 cm³/mol. The van der Waals surface area contributed by atoms with Crippen LogP contribution >= 0.6 is 0 Å². The number of carbonyl (C=O) groups excluding carboxylic acids is 2. The number of rotatable bonds is 5. The second-order valence-corrected chi connectivity index (χ2v) is 10.9. The van der Waals surface area contributed by atoms with Crippen molar-refractivity contribution in [2.24, 2.45) is 0 Å². The molecule has 1 saturated heterocycles. The molecule has 1 aromatic heterocycles. The molecule has 0 spiro atoms. The first kappa shape index (κ1) is 26.8. The highest BCUT2D eigenvalue weighted by Gasteiger charge is 2.31. The summed E-state index contributed by atoms with van der Waals surface area (Å²) in [5.74, 6) is 0.516. The van der Waals surface area contributed by atoms with Crippen LogP contribution in [0.15, 0.2) is 30.3 Å². The third-order valence-corrected chi connectivity index (χ3v) is 6.52. The van der Waals surface area contributed by atoms with Gasteiger partial charge in [0, 0.05) is 38.3 Å². The van der Waals surface area contributed by atoms with E-state index >= 15 is 0 Å². The van der Waals surface area contributed by atoms with Crippen molar-refractivity contribution in [2.75, 3.05) is 37.6 Å². The van der Waals surface area contributed by atoms with Gasteiger partial charge >= 0.3 is 12.2 Å². The number of amides is 2. The molecule has 0 radical (unpaired) electrons. The highest BCUT2D eigenvalue weighted by molar-refractivity contribution is 7.78. The number of hydrogen-bond donors (Lipinski definition) is 0. The van der Waals surface area contributed by atoms with E-state index in [4.69, 9.17) is 9.47 Å². The van der Waals surface area contributed by atoms with Gasteiger partial charge in [-0.1, -0.05) is 30.3 Å². The van der Waals surface area contributed by atoms with Crippen molar-refractivity contribution in [3.63, 3.8) is 0 Å². The van der Waals surface area contributed by atoms with Crippen LogP contribution in [0.3, 0.4) is 0 Å². The minimum atomic E-state index is -2.36. The summed E-state index contributed by atoms with van der Waals surface area (Å²) in [6.45, 7) is 8.20. The summed E-state index contributed by atoms with van der Waals surface area (Å²) in [7, 11) is 0. The van der Waals surface area contributed by atoms with Crippen LogP contribution in [0.5, 0.6) is 0 Å². The van der Waals surface area contributed by atoms with E-state index in [0.29, 0.717) is 50.7 Å². The largest absolute Gasteiger partial charge is 0.772 e. The number of carbonyl (C=O) groups is 2. The summed E-state index contributed by atoms with van der Waals surface area (Å²) in [5, 5.41) is 0. The maximum Gasteiger partial charge on any atom is 0.410 e. The fourth-order valence-corrected chi connectivity index (χ4v) is 4.63. The van der Waals surface area contributed by atoms with Crippen LogP contribution < -0.4 is 4.90 Å². The van der Waals surface area contributed by atoms with E-state index in [1.807, 2.05) is 56.0 Å². The molecule has 2 aliphatic heterocycles. The number of fused-ring (bicyclic) bond motifs is 1. The van der Waals surface area contributed by atoms with E-state index in [0.717, 1.165) is 11.1 Å². The smallest absolute Gasteiger partial charge is 0.410 e. The molecule has 1 aromatic carbocycles. The number of aromatic nitrogens is 2. The minimum Gasteiger partial charge on any atom is -0.772 e. The van der Waals surface area contributed by atoms with Crippen LogP contribution in [0.25, 0.3) is 0 Å². The summed E-state index contributed by atoms with van der Waals surface area (Å²) in [6.07, 6.45) is -0.289. The third-order valence-electron chi connectivity index (χ3n) is 6.03. The summed E-state index contributed by atoms with van der Waals surface area (Å²) >= 11 is -2.36. The average molecular weight is 531 g/mol. The van der Waals surface area contributed by atoms with Crippen molar-refractivity contribution in [3.8, 4) is 0 Å². The standard InChI is InChI=1S/C25H33N5O6S/c1-25(2,3)36-24(32)30-10-9-19-20(15-30)26-21(17-37(33)34)27-22(19)28-11-13-29(14-12-28)23(31)35-16-18-7-5-4-6-8-18/h4-8H,9-17H2,1-3H3,(H,33,34)/p-1. The topological polar surface area (TPSA) is 128 Å². The molecule has 200 valence electrons. The predicted octanol–water partition coefficient (Wildman–Crippen LogP) is 2.61. The monoisotopic (exact) mass is 530 g/mol. The Hall–Kier alpha value is -3.25. The van der Waals surface area contributed by atoms with Crippen molar-refractivity contribution in [3.05, 3.63) is 53.0 Å². The van der Waals surface area contributed by atoms with Crippen LogP contribution in [0.4, 0.5) is 15.4 Å². The molecule has 1 fully saturated rings. The maximum absolute atomic E-state index is 12.6. The number of anilines is 1. The van der Waals surface area contributed by atoms with E-state index in [1.165, 1.54) is 0 Å². The number of benzene rings is 1. The van der Waals surface area contributed by atoms with E-state index in [9.17, 15) is 18.4 Å². The van der Waals surface area contributed by atoms with Gasteiger partial charge < -0.3 is 28.7 Å². The van der Waals surface area contributed by atoms with Crippen molar-refractivity contribution < 1.29 is 27.8 Å². The molecule has 11 nitrogen and oxygen atoms in total. The lowest BCUT2D eigenvalue weighted by molar-refractivity contribution is 0.0220. The van der Waals surface area contributed by atoms with Crippen LogP contribution in [0.2, 0.25) is 0 Å². The summed E-state index contributed by atoms with van der Waals surface area (Å²) < 4.78 is 33.8. The Balaban J connectivity index is 1.45. The van der Waals surface area contributed by atoms with Crippen LogP contribution in [0, 0.1) is 0 Å². The molecule has 2 amide bonds. The molecule has 4 rings (SSSR count). The van der Waals surface area contributed by atoms with Gasteiger partial charge in [-0.2, -0.15) is 0 Å². The van der Waals surface area contributed by atoms with Crippen LogP contribution in [-0.4, -0.2) is 79.0 Å². The summed E-state index contributed by atoms with van der Waals surface area (Å²) in [5.41, 5.74) is 1.80. The minimum absolute atomic E-state index is 0.179. The van der Waals surface area contributed by atoms with E-state index in [-0.39, 0.29) is 30.8 Å². The molecule has 3 heterocycles. The normalized spacial score (nSPS) is 16.7. The molecule has 37 heavy (non-hydrogen) atoms. The van der Waals surface area contributed by atoms with Gasteiger partial charge in [0.2, 0.25) is 0 Å². The number of ether oxygens (including phenoxy) is 2. The molecule has 0 saturated carbocycles. The lowest BCUT2D eigenvalue weighted by Crippen LogP contribution is -2.50. The maximum atomic E-state index is 12.6. The van der Waals surface area contributed by atoms with Crippen LogP contribution in [-0.2, 0) is 45.9 Å². The van der Waals surface area contributed by atoms with Crippen molar-refractivity contribution in [2.45, 2.75) is 51.7 Å². The first-order valence-electron chi connectivity index (χ1n) is 12.2. The Morgan fingerprint density at radius 1 is 1.00 bits per heavy atom. The molecule has 2 aromatic rings. The van der Waals surface area contributed by atoms with E-state index in [2.05, 4.69) is 9.97 Å². The molecule has 2 aliphatic rings. The Morgan fingerprint density at radius 3 is 2.35 bits per heavy atom. The Bertz CT molecular complexity index is 1150. The first-order valence-corrected chi connectivity index (χ1v) is 13.5. The molecule has 1 unspecified atom stereocenters. The van der Waals surface area contributed by atoms with Gasteiger partial charge in [-0.05, 0) is 43.8 Å². The number of hydrogen-bond acceptors (Lipinski definition) is 9. The summed E-state index contributed by atoms with van der Waals surface area (Å²) in [4.78, 5) is 39.5. The zero-order chi connectivity index (χ0) is 26.6. The zero-order valence-electron chi connectivity index (χ0n) is 21.3. The Labute approximate surface area is 219 Å². The fraction of sp³-hybridized carbons (Fsp3) is 0.520. The molecule has 1 atom stereocenters. The number of nitrogens with zero attached hydrogens (tertiary/aromatic N) is 5. The van der Waals surface area contributed by atoms with E-state index < -0.39 is 22.8 Å². The van der Waals surface area contributed by atoms with Crippen molar-refractivity contribution in [1.82, 2.24) is 19.8 Å². The third kappa shape index (κ3) is 7.16. The highest BCUT2D eigenvalue weighted by Crippen LogP contribution is 2.28. The van der Waals surface area contributed by atoms with Gasteiger partial charge in [0.15, 0.2) is 0 Å². The quantitative estimate of drug-likeness (QED) is 0.536. The van der Waals surface area contributed by atoms with Crippen molar-refractivity contribution in [1.29, 1.82) is 0 Å². The Morgan fingerprint density at radius 2 is 1.70 bits per heavy atom. The molecule has 0 bridgehead atoms. The number of piperazine rings is 1. The van der Waals surface area contributed by atoms with Crippen molar-refractivity contribution >= 4 is 29.1 Å². The average Bonchev–Trinajstić information content (AvgIpc) is 2.86. The fourth-order valence-electron chi connectivity index (χ4n) is 4.29. The zero-order valence-corrected chi connectivity index (χ0v) is 22.2. The van der Waals surface area contributed by atoms with Gasteiger partial charge in [-0.3, -0.25) is 4.21 Å². The SMILES string of the molecule is CC(C)(C)OC(=O)N1CCc2c(nc(CS(=O)[O-])nc2N2CCN(C(=O)OCc3ccccc3)CC2)C1. The first-order chi connectivity index (χ1) is 17.6. The second-order valence-electron chi connectivity index (χ2n) is 10.0. The molecular formula is C25H32N5O6S-. The lowest BCUT2D eigenvalue weighted by atomic mass is 10.0. The molecule has 0 N–H and O–H groups in total. The van der Waals surface area contributed by atoms with Gasteiger partial charge in [0.1, 0.15) is 23.9 Å². The van der Waals surface area contributed by atoms with Gasteiger partial charge in [-0.15, -0.1) is 0 Å². The van der Waals surface area contributed by atoms with Gasteiger partial charge in [0.25, 0.3) is 0 Å². The molecule has 12 heteroatoms. The summed E-state index contributed by atoms with van der Waals surface area (Å²) in [6, 6.07) is 9.51. The molecule has 0 aliphatic carbocycles. The van der Waals surface area contributed by atoms with Gasteiger partial charge in [0.05, 0.1) is 18.0 Å². The van der Waals surface area contributed by atoms with Gasteiger partial charge in [-0.25, -0.2) is 19.6 Å². The highest BCUT2D eigenvalue weighted by atomic mass is 32.2.